The van der Waals surface area contributed by atoms with E-state index in [1.165, 1.54) is 28.8 Å². The van der Waals surface area contributed by atoms with Crippen molar-refractivity contribution in [3.8, 4) is 0 Å². The molecular formula is C20H20FN3O4. The van der Waals surface area contributed by atoms with Crippen molar-refractivity contribution in [2.24, 2.45) is 0 Å². The van der Waals surface area contributed by atoms with Crippen molar-refractivity contribution < 1.29 is 19.1 Å². The minimum Gasteiger partial charge on any atom is -0.481 e. The van der Waals surface area contributed by atoms with Gasteiger partial charge in [-0.25, -0.2) is 9.18 Å². The minimum absolute atomic E-state index is 0.166. The molecule has 8 heteroatoms. The Morgan fingerprint density at radius 3 is 2.25 bits per heavy atom. The lowest BCUT2D eigenvalue weighted by molar-refractivity contribution is -0.138. The van der Waals surface area contributed by atoms with Gasteiger partial charge in [0.1, 0.15) is 12.4 Å². The number of amides is 1. The molecule has 28 heavy (non-hydrogen) atoms. The first-order valence-corrected chi connectivity index (χ1v) is 8.85. The third-order valence-corrected chi connectivity index (χ3v) is 4.62. The summed E-state index contributed by atoms with van der Waals surface area (Å²) in [6, 6.07) is 12.3. The number of carbonyl (C=O) groups excluding carboxylic acids is 1. The number of nitrogens with one attached hydrogen (secondary N) is 1. The fraction of sp³-hybridized carbons (Fsp3) is 0.250. The maximum atomic E-state index is 13.1. The molecular weight excluding hydrogens is 365 g/mol. The molecule has 0 saturated carbocycles. The number of hydrogen-bond donors (Lipinski definition) is 2. The molecule has 0 saturated heterocycles. The second-order valence-corrected chi connectivity index (χ2v) is 6.35. The van der Waals surface area contributed by atoms with Crippen molar-refractivity contribution in [2.45, 2.75) is 25.9 Å². The van der Waals surface area contributed by atoms with E-state index in [0.717, 1.165) is 5.52 Å². The predicted octanol–water partition coefficient (Wildman–Crippen LogP) is 1.95. The lowest BCUT2D eigenvalue weighted by Gasteiger charge is -2.14. The number of halogens is 1. The number of aliphatic carboxylic acids is 1. The van der Waals surface area contributed by atoms with Crippen LogP contribution in [0.25, 0.3) is 11.0 Å². The van der Waals surface area contributed by atoms with Crippen LogP contribution in [-0.2, 0) is 22.7 Å². The Morgan fingerprint density at radius 1 is 1.07 bits per heavy atom. The van der Waals surface area contributed by atoms with Crippen molar-refractivity contribution in [3.05, 3.63) is 70.4 Å². The SMILES string of the molecule is CCn1c(=O)n(CC(=O)NCC(C(=O)O)c2ccc(F)cc2)c2ccccc21. The molecule has 0 fully saturated rings. The number of imidazole rings is 1. The molecule has 1 amide bonds. The van der Waals surface area contributed by atoms with E-state index in [4.69, 9.17) is 0 Å². The number of aromatic nitrogens is 2. The molecule has 3 rings (SSSR count). The van der Waals surface area contributed by atoms with E-state index in [9.17, 15) is 23.9 Å². The van der Waals surface area contributed by atoms with Crippen LogP contribution < -0.4 is 11.0 Å². The Balaban J connectivity index is 1.76. The van der Waals surface area contributed by atoms with Crippen LogP contribution in [0.1, 0.15) is 18.4 Å². The summed E-state index contributed by atoms with van der Waals surface area (Å²) in [5, 5.41) is 12.0. The van der Waals surface area contributed by atoms with Crippen LogP contribution in [0.4, 0.5) is 4.39 Å². The number of hydrogen-bond acceptors (Lipinski definition) is 3. The number of nitrogens with zero attached hydrogens (tertiary/aromatic N) is 2. The maximum Gasteiger partial charge on any atom is 0.329 e. The molecule has 1 aromatic heterocycles. The Kier molecular flexibility index (Phi) is 5.58. The molecule has 146 valence electrons. The highest BCUT2D eigenvalue weighted by Crippen LogP contribution is 2.16. The van der Waals surface area contributed by atoms with Crippen LogP contribution in [0, 0.1) is 5.82 Å². The van der Waals surface area contributed by atoms with Crippen molar-refractivity contribution in [1.29, 1.82) is 0 Å². The Bertz CT molecular complexity index is 1070. The summed E-state index contributed by atoms with van der Waals surface area (Å²) >= 11 is 0. The molecule has 0 aliphatic rings. The summed E-state index contributed by atoms with van der Waals surface area (Å²) in [6.45, 7) is 1.93. The molecule has 2 N–H and O–H groups in total. The van der Waals surface area contributed by atoms with Crippen molar-refractivity contribution >= 4 is 22.9 Å². The molecule has 1 heterocycles. The number of carboxylic acids is 1. The number of benzene rings is 2. The van der Waals surface area contributed by atoms with Crippen LogP contribution in [0.3, 0.4) is 0 Å². The summed E-state index contributed by atoms with van der Waals surface area (Å²) in [7, 11) is 0. The molecule has 2 aromatic carbocycles. The standard InChI is InChI=1S/C20H20FN3O4/c1-2-23-16-5-3-4-6-17(16)24(20(23)28)12-18(25)22-11-15(19(26)27)13-7-9-14(21)10-8-13/h3-10,15H,2,11-12H2,1H3,(H,22,25)(H,26,27). The van der Waals surface area contributed by atoms with Gasteiger partial charge >= 0.3 is 11.7 Å². The van der Waals surface area contributed by atoms with E-state index >= 15 is 0 Å². The molecule has 0 radical (unpaired) electrons. The van der Waals surface area contributed by atoms with E-state index in [0.29, 0.717) is 17.6 Å². The van der Waals surface area contributed by atoms with Crippen LogP contribution in [0.15, 0.2) is 53.3 Å². The van der Waals surface area contributed by atoms with Gasteiger partial charge in [-0.3, -0.25) is 18.7 Å². The average Bonchev–Trinajstić information content (AvgIpc) is 2.94. The van der Waals surface area contributed by atoms with Crippen LogP contribution in [-0.4, -0.2) is 32.7 Å². The highest BCUT2D eigenvalue weighted by atomic mass is 19.1. The third kappa shape index (κ3) is 3.80. The number of fused-ring (bicyclic) bond motifs is 1. The Morgan fingerprint density at radius 2 is 1.68 bits per heavy atom. The molecule has 0 aliphatic carbocycles. The maximum absolute atomic E-state index is 13.1. The second-order valence-electron chi connectivity index (χ2n) is 6.35. The van der Waals surface area contributed by atoms with Crippen LogP contribution >= 0.6 is 0 Å². The molecule has 1 unspecified atom stereocenters. The molecule has 7 nitrogen and oxygen atoms in total. The molecule has 0 bridgehead atoms. The lowest BCUT2D eigenvalue weighted by atomic mass is 9.99. The van der Waals surface area contributed by atoms with Gasteiger partial charge in [0.15, 0.2) is 0 Å². The first kappa shape index (κ1) is 19.3. The van der Waals surface area contributed by atoms with Crippen molar-refractivity contribution in [2.75, 3.05) is 6.54 Å². The fourth-order valence-electron chi connectivity index (χ4n) is 3.19. The summed E-state index contributed by atoms with van der Waals surface area (Å²) in [5.74, 6) is -3.09. The first-order valence-electron chi connectivity index (χ1n) is 8.85. The topological polar surface area (TPSA) is 93.3 Å². The van der Waals surface area contributed by atoms with Crippen LogP contribution in [0.2, 0.25) is 0 Å². The number of carboxylic acid groups (broad SMARTS) is 1. The lowest BCUT2D eigenvalue weighted by Crippen LogP contribution is -2.36. The third-order valence-electron chi connectivity index (χ3n) is 4.62. The summed E-state index contributed by atoms with van der Waals surface area (Å²) in [6.07, 6.45) is 0. The van der Waals surface area contributed by atoms with Crippen molar-refractivity contribution in [3.63, 3.8) is 0 Å². The van der Waals surface area contributed by atoms with Gasteiger partial charge in [0.2, 0.25) is 5.91 Å². The zero-order valence-electron chi connectivity index (χ0n) is 15.3. The van der Waals surface area contributed by atoms with Gasteiger partial charge in [0, 0.05) is 13.1 Å². The zero-order chi connectivity index (χ0) is 20.3. The van der Waals surface area contributed by atoms with Gasteiger partial charge in [-0.2, -0.15) is 0 Å². The van der Waals surface area contributed by atoms with E-state index in [1.54, 1.807) is 16.7 Å². The highest BCUT2D eigenvalue weighted by molar-refractivity contribution is 5.82. The van der Waals surface area contributed by atoms with Gasteiger partial charge in [0.05, 0.1) is 17.0 Å². The smallest absolute Gasteiger partial charge is 0.329 e. The number of para-hydroxylation sites is 2. The molecule has 0 aliphatic heterocycles. The van der Waals surface area contributed by atoms with Gasteiger partial charge in [-0.1, -0.05) is 24.3 Å². The van der Waals surface area contributed by atoms with Gasteiger partial charge in [-0.05, 0) is 36.8 Å². The minimum atomic E-state index is -1.13. The van der Waals surface area contributed by atoms with Gasteiger partial charge in [-0.15, -0.1) is 0 Å². The van der Waals surface area contributed by atoms with Crippen molar-refractivity contribution in [1.82, 2.24) is 14.5 Å². The molecule has 1 atom stereocenters. The Labute approximate surface area is 160 Å². The molecule has 0 spiro atoms. The number of aryl methyl sites for hydroxylation is 1. The fourth-order valence-corrected chi connectivity index (χ4v) is 3.19. The average molecular weight is 385 g/mol. The van der Waals surface area contributed by atoms with E-state index in [2.05, 4.69) is 5.32 Å². The van der Waals surface area contributed by atoms with Crippen LogP contribution in [0.5, 0.6) is 0 Å². The summed E-state index contributed by atoms with van der Waals surface area (Å²) < 4.78 is 16.0. The largest absolute Gasteiger partial charge is 0.481 e. The van der Waals surface area contributed by atoms with E-state index in [-0.39, 0.29) is 18.8 Å². The second kappa shape index (κ2) is 8.08. The summed E-state index contributed by atoms with van der Waals surface area (Å²) in [5.41, 5.74) is 1.46. The van der Waals surface area contributed by atoms with E-state index in [1.807, 2.05) is 19.1 Å². The number of carbonyl (C=O) groups is 2. The van der Waals surface area contributed by atoms with E-state index < -0.39 is 23.6 Å². The predicted molar refractivity (Wildman–Crippen MR) is 102 cm³/mol. The highest BCUT2D eigenvalue weighted by Gasteiger charge is 2.21. The molecule has 3 aromatic rings. The monoisotopic (exact) mass is 385 g/mol. The quantitative estimate of drug-likeness (QED) is 0.650. The zero-order valence-corrected chi connectivity index (χ0v) is 15.3. The van der Waals surface area contributed by atoms with Gasteiger partial charge in [0.25, 0.3) is 0 Å². The number of rotatable bonds is 7. The summed E-state index contributed by atoms with van der Waals surface area (Å²) in [4.78, 5) is 36.5. The first-order chi connectivity index (χ1) is 13.4. The Hall–Kier alpha value is -3.42. The van der Waals surface area contributed by atoms with Gasteiger partial charge < -0.3 is 10.4 Å². The normalized spacial score (nSPS) is 12.1.